The molecule has 1 aromatic rings. The lowest BCUT2D eigenvalue weighted by atomic mass is 10.4. The molecule has 1 heterocycles. The van der Waals surface area contributed by atoms with Crippen LogP contribution in [0.5, 0.6) is 5.75 Å². The third kappa shape index (κ3) is 2.27. The van der Waals surface area contributed by atoms with Gasteiger partial charge in [0.05, 0.1) is 0 Å². The maximum Gasteiger partial charge on any atom is 0.147 e. The Balaban J connectivity index is 2.82. The van der Waals surface area contributed by atoms with Crippen LogP contribution in [0.4, 0.5) is 0 Å². The summed E-state index contributed by atoms with van der Waals surface area (Å²) in [6.07, 6.45) is 1.79. The van der Waals surface area contributed by atoms with Gasteiger partial charge in [0.2, 0.25) is 0 Å². The highest BCUT2D eigenvalue weighted by atomic mass is 32.2. The number of hydrogen-bond donors (Lipinski definition) is 1. The Morgan fingerprint density at radius 1 is 1.67 bits per heavy atom. The van der Waals surface area contributed by atoms with Crippen LogP contribution in [0.15, 0.2) is 29.8 Å². The van der Waals surface area contributed by atoms with E-state index in [-0.39, 0.29) is 5.75 Å². The lowest BCUT2D eigenvalue weighted by Crippen LogP contribution is -1.85. The zero-order valence-electron chi connectivity index (χ0n) is 6.95. The third-order valence-corrected chi connectivity index (χ3v) is 2.29. The molecule has 0 radical (unpaired) electrons. The van der Waals surface area contributed by atoms with Crippen LogP contribution in [0.2, 0.25) is 0 Å². The molecule has 0 aliphatic rings. The molecule has 0 atom stereocenters. The number of hydrogen-bond acceptors (Lipinski definition) is 3. The molecule has 1 N–H and O–H groups in total. The molecule has 12 heavy (non-hydrogen) atoms. The molecular weight excluding hydrogens is 170 g/mol. The first-order valence-corrected chi connectivity index (χ1v) is 4.63. The molecule has 0 saturated carbocycles. The van der Waals surface area contributed by atoms with Crippen LogP contribution >= 0.6 is 11.8 Å². The predicted octanol–water partition coefficient (Wildman–Crippen LogP) is 2.37. The zero-order chi connectivity index (χ0) is 8.97. The highest BCUT2D eigenvalue weighted by molar-refractivity contribution is 7.99. The Hall–Kier alpha value is -0.960. The Labute approximate surface area is 76.3 Å². The molecule has 0 bridgehead atoms. The number of aromatic nitrogens is 1. The first-order valence-electron chi connectivity index (χ1n) is 3.64. The van der Waals surface area contributed by atoms with Crippen molar-refractivity contribution in [1.29, 1.82) is 0 Å². The summed E-state index contributed by atoms with van der Waals surface area (Å²) >= 11 is 1.48. The van der Waals surface area contributed by atoms with Gasteiger partial charge >= 0.3 is 0 Å². The molecule has 1 aromatic heterocycles. The molecule has 0 saturated heterocycles. The molecule has 0 spiro atoms. The van der Waals surface area contributed by atoms with Gasteiger partial charge < -0.3 is 5.11 Å². The van der Waals surface area contributed by atoms with Gasteiger partial charge in [-0.25, -0.2) is 4.98 Å². The molecule has 0 fully saturated rings. The van der Waals surface area contributed by atoms with Crippen LogP contribution in [0, 0.1) is 6.92 Å². The van der Waals surface area contributed by atoms with Crippen molar-refractivity contribution in [2.75, 3.05) is 5.75 Å². The van der Waals surface area contributed by atoms with E-state index in [0.717, 1.165) is 11.4 Å². The molecule has 0 aromatic carbocycles. The van der Waals surface area contributed by atoms with Crippen molar-refractivity contribution in [1.82, 2.24) is 4.98 Å². The van der Waals surface area contributed by atoms with E-state index in [1.165, 1.54) is 11.8 Å². The summed E-state index contributed by atoms with van der Waals surface area (Å²) in [5.74, 6) is 1.01. The minimum absolute atomic E-state index is 0.243. The SMILES string of the molecule is C=CCSc1nc(C)ccc1O. The quantitative estimate of drug-likeness (QED) is 0.574. The van der Waals surface area contributed by atoms with Crippen molar-refractivity contribution in [3.05, 3.63) is 30.5 Å². The molecule has 0 aliphatic carbocycles. The van der Waals surface area contributed by atoms with Crippen LogP contribution < -0.4 is 0 Å². The second kappa shape index (κ2) is 4.16. The summed E-state index contributed by atoms with van der Waals surface area (Å²) in [5.41, 5.74) is 0.916. The molecule has 3 heteroatoms. The van der Waals surface area contributed by atoms with Gasteiger partial charge in [0.25, 0.3) is 0 Å². The van der Waals surface area contributed by atoms with Crippen LogP contribution in [-0.2, 0) is 0 Å². The van der Waals surface area contributed by atoms with Crippen LogP contribution in [0.1, 0.15) is 5.69 Å². The fraction of sp³-hybridized carbons (Fsp3) is 0.222. The van der Waals surface area contributed by atoms with E-state index in [0.29, 0.717) is 5.03 Å². The van der Waals surface area contributed by atoms with Crippen LogP contribution in [0.3, 0.4) is 0 Å². The normalized spacial score (nSPS) is 9.75. The maximum atomic E-state index is 9.34. The first kappa shape index (κ1) is 9.13. The Morgan fingerprint density at radius 3 is 3.08 bits per heavy atom. The highest BCUT2D eigenvalue weighted by Crippen LogP contribution is 2.25. The predicted molar refractivity (Wildman–Crippen MR) is 51.6 cm³/mol. The van der Waals surface area contributed by atoms with Crippen molar-refractivity contribution in [3.63, 3.8) is 0 Å². The third-order valence-electron chi connectivity index (χ3n) is 1.32. The highest BCUT2D eigenvalue weighted by Gasteiger charge is 2.01. The second-order valence-electron chi connectivity index (χ2n) is 2.38. The Kier molecular flexibility index (Phi) is 3.17. The van der Waals surface area contributed by atoms with Crippen molar-refractivity contribution in [3.8, 4) is 5.75 Å². The summed E-state index contributed by atoms with van der Waals surface area (Å²) < 4.78 is 0. The number of thioether (sulfide) groups is 1. The number of rotatable bonds is 3. The van der Waals surface area contributed by atoms with Gasteiger partial charge in [-0.15, -0.1) is 6.58 Å². The molecule has 1 rings (SSSR count). The van der Waals surface area contributed by atoms with E-state index in [9.17, 15) is 5.11 Å². The summed E-state index contributed by atoms with van der Waals surface area (Å²) in [6, 6.07) is 3.45. The van der Waals surface area contributed by atoms with Crippen molar-refractivity contribution in [2.45, 2.75) is 11.9 Å². The van der Waals surface area contributed by atoms with Gasteiger partial charge in [-0.1, -0.05) is 17.8 Å². The van der Waals surface area contributed by atoms with E-state index in [4.69, 9.17) is 0 Å². The van der Waals surface area contributed by atoms with Crippen LogP contribution in [0.25, 0.3) is 0 Å². The summed E-state index contributed by atoms with van der Waals surface area (Å²) in [4.78, 5) is 4.18. The summed E-state index contributed by atoms with van der Waals surface area (Å²) in [7, 11) is 0. The molecule has 0 unspecified atom stereocenters. The van der Waals surface area contributed by atoms with Gasteiger partial charge in [-0.3, -0.25) is 0 Å². The van der Waals surface area contributed by atoms with Crippen molar-refractivity contribution >= 4 is 11.8 Å². The minimum Gasteiger partial charge on any atom is -0.505 e. The molecule has 0 aliphatic heterocycles. The van der Waals surface area contributed by atoms with Gasteiger partial charge in [0.1, 0.15) is 10.8 Å². The lowest BCUT2D eigenvalue weighted by molar-refractivity contribution is 0.456. The topological polar surface area (TPSA) is 33.1 Å². The van der Waals surface area contributed by atoms with E-state index in [1.54, 1.807) is 18.2 Å². The monoisotopic (exact) mass is 181 g/mol. The van der Waals surface area contributed by atoms with E-state index in [2.05, 4.69) is 11.6 Å². The second-order valence-corrected chi connectivity index (χ2v) is 3.39. The Morgan fingerprint density at radius 2 is 2.42 bits per heavy atom. The summed E-state index contributed by atoms with van der Waals surface area (Å²) in [5, 5.41) is 10.0. The van der Waals surface area contributed by atoms with Gasteiger partial charge in [-0.05, 0) is 19.1 Å². The van der Waals surface area contributed by atoms with Crippen molar-refractivity contribution < 1.29 is 5.11 Å². The van der Waals surface area contributed by atoms with E-state index < -0.39 is 0 Å². The number of aromatic hydroxyl groups is 1. The smallest absolute Gasteiger partial charge is 0.147 e. The van der Waals surface area contributed by atoms with Crippen molar-refractivity contribution in [2.24, 2.45) is 0 Å². The first-order chi connectivity index (χ1) is 5.74. The average molecular weight is 181 g/mol. The summed E-state index contributed by atoms with van der Waals surface area (Å²) in [6.45, 7) is 5.50. The lowest BCUT2D eigenvalue weighted by Gasteiger charge is -2.01. The van der Waals surface area contributed by atoms with E-state index >= 15 is 0 Å². The zero-order valence-corrected chi connectivity index (χ0v) is 7.77. The average Bonchev–Trinajstić information content (AvgIpc) is 2.07. The number of nitrogens with zero attached hydrogens (tertiary/aromatic N) is 1. The molecular formula is C9H11NOS. The van der Waals surface area contributed by atoms with E-state index in [1.807, 2.05) is 6.92 Å². The maximum absolute atomic E-state index is 9.34. The van der Waals surface area contributed by atoms with Gasteiger partial charge in [0.15, 0.2) is 0 Å². The molecule has 2 nitrogen and oxygen atoms in total. The molecule has 64 valence electrons. The fourth-order valence-corrected chi connectivity index (χ4v) is 1.47. The number of aryl methyl sites for hydroxylation is 1. The molecule has 0 amide bonds. The van der Waals surface area contributed by atoms with Gasteiger partial charge in [0, 0.05) is 11.4 Å². The van der Waals surface area contributed by atoms with Crippen LogP contribution in [-0.4, -0.2) is 15.8 Å². The fourth-order valence-electron chi connectivity index (χ4n) is 0.770. The Bertz CT molecular complexity index is 286. The number of pyridine rings is 1. The largest absolute Gasteiger partial charge is 0.505 e. The van der Waals surface area contributed by atoms with Gasteiger partial charge in [-0.2, -0.15) is 0 Å². The standard InChI is InChI=1S/C9H11NOS/c1-3-6-12-9-8(11)5-4-7(2)10-9/h3-5,11H,1,6H2,2H3. The minimum atomic E-state index is 0.243.